The molecule has 3 unspecified atom stereocenters. The van der Waals surface area contributed by atoms with Crippen LogP contribution in [0.1, 0.15) is 32.6 Å². The van der Waals surface area contributed by atoms with Crippen LogP contribution in [0.5, 0.6) is 0 Å². The van der Waals surface area contributed by atoms with E-state index in [9.17, 15) is 0 Å². The molecule has 2 heteroatoms. The molecule has 1 aliphatic carbocycles. The topological polar surface area (TPSA) is 15.3 Å². The molecule has 2 heterocycles. The van der Waals surface area contributed by atoms with Crippen molar-refractivity contribution in [3.05, 3.63) is 0 Å². The third-order valence-electron chi connectivity index (χ3n) is 4.12. The molecule has 0 aromatic heterocycles. The summed E-state index contributed by atoms with van der Waals surface area (Å²) in [5.41, 5.74) is 0. The third-order valence-corrected chi connectivity index (χ3v) is 4.12. The molecular weight excluding hydrogens is 160 g/mol. The van der Waals surface area contributed by atoms with Crippen molar-refractivity contribution in [1.29, 1.82) is 0 Å². The van der Waals surface area contributed by atoms with Gasteiger partial charge in [-0.3, -0.25) is 4.90 Å². The fraction of sp³-hybridized carbons (Fsp3) is 1.00. The fourth-order valence-corrected chi connectivity index (χ4v) is 3.36. The molecule has 2 nitrogen and oxygen atoms in total. The molecule has 0 spiro atoms. The van der Waals surface area contributed by atoms with Crippen LogP contribution in [0, 0.1) is 5.92 Å². The van der Waals surface area contributed by atoms with Crippen molar-refractivity contribution in [2.75, 3.05) is 13.1 Å². The van der Waals surface area contributed by atoms with Gasteiger partial charge in [-0.05, 0) is 38.1 Å². The van der Waals surface area contributed by atoms with Crippen LogP contribution in [0.15, 0.2) is 0 Å². The second kappa shape index (κ2) is 2.96. The number of rotatable bonds is 2. The second-order valence-corrected chi connectivity index (χ2v) is 4.93. The van der Waals surface area contributed by atoms with Gasteiger partial charge in [-0.15, -0.1) is 0 Å². The molecule has 1 saturated carbocycles. The standard InChI is InChI=1S/C11H20N2/c1-2-10-11-8(5-6-12-11)7-13(10)9-3-4-9/h8-12H,2-7H2,1H3. The first-order valence-electron chi connectivity index (χ1n) is 5.89. The Labute approximate surface area is 80.7 Å². The van der Waals surface area contributed by atoms with Crippen LogP contribution in [0.2, 0.25) is 0 Å². The predicted octanol–water partition coefficient (Wildman–Crippen LogP) is 1.22. The summed E-state index contributed by atoms with van der Waals surface area (Å²) in [5.74, 6) is 0.977. The summed E-state index contributed by atoms with van der Waals surface area (Å²) < 4.78 is 0. The van der Waals surface area contributed by atoms with E-state index in [0.717, 1.165) is 24.0 Å². The monoisotopic (exact) mass is 180 g/mol. The summed E-state index contributed by atoms with van der Waals surface area (Å²) in [5, 5.41) is 3.69. The lowest BCUT2D eigenvalue weighted by Crippen LogP contribution is -2.41. The van der Waals surface area contributed by atoms with Gasteiger partial charge in [-0.25, -0.2) is 0 Å². The Kier molecular flexibility index (Phi) is 1.88. The molecular formula is C11H20N2. The highest BCUT2D eigenvalue weighted by molar-refractivity contribution is 5.05. The Hall–Kier alpha value is -0.0800. The van der Waals surface area contributed by atoms with Crippen LogP contribution in [0.25, 0.3) is 0 Å². The number of hydrogen-bond acceptors (Lipinski definition) is 2. The lowest BCUT2D eigenvalue weighted by molar-refractivity contribution is 0.217. The van der Waals surface area contributed by atoms with Crippen LogP contribution >= 0.6 is 0 Å². The molecule has 3 rings (SSSR count). The van der Waals surface area contributed by atoms with Crippen LogP contribution < -0.4 is 5.32 Å². The maximum Gasteiger partial charge on any atom is 0.0264 e. The summed E-state index contributed by atoms with van der Waals surface area (Å²) in [6.45, 7) is 5.01. The van der Waals surface area contributed by atoms with E-state index in [2.05, 4.69) is 17.1 Å². The molecule has 0 amide bonds. The number of hydrogen-bond donors (Lipinski definition) is 1. The molecule has 0 aromatic rings. The predicted molar refractivity (Wildman–Crippen MR) is 53.7 cm³/mol. The number of likely N-dealkylation sites (tertiary alicyclic amines) is 1. The summed E-state index contributed by atoms with van der Waals surface area (Å²) in [6, 6.07) is 2.67. The van der Waals surface area contributed by atoms with Crippen molar-refractivity contribution in [1.82, 2.24) is 10.2 Å². The number of fused-ring (bicyclic) bond motifs is 1. The van der Waals surface area contributed by atoms with E-state index < -0.39 is 0 Å². The fourth-order valence-electron chi connectivity index (χ4n) is 3.36. The molecule has 0 radical (unpaired) electrons. The van der Waals surface area contributed by atoms with E-state index in [1.54, 1.807) is 0 Å². The number of nitrogens with zero attached hydrogens (tertiary/aromatic N) is 1. The zero-order valence-corrected chi connectivity index (χ0v) is 8.50. The van der Waals surface area contributed by atoms with Gasteiger partial charge in [-0.1, -0.05) is 6.92 Å². The Morgan fingerprint density at radius 3 is 2.85 bits per heavy atom. The van der Waals surface area contributed by atoms with Gasteiger partial charge in [0, 0.05) is 24.7 Å². The summed E-state index contributed by atoms with van der Waals surface area (Å²) in [4.78, 5) is 2.79. The molecule has 74 valence electrons. The molecule has 2 saturated heterocycles. The van der Waals surface area contributed by atoms with Crippen LogP contribution in [0.3, 0.4) is 0 Å². The molecule has 3 atom stereocenters. The largest absolute Gasteiger partial charge is 0.312 e. The van der Waals surface area contributed by atoms with Gasteiger partial charge >= 0.3 is 0 Å². The van der Waals surface area contributed by atoms with E-state index in [1.807, 2.05) is 0 Å². The van der Waals surface area contributed by atoms with Crippen molar-refractivity contribution in [3.63, 3.8) is 0 Å². The minimum atomic E-state index is 0.839. The maximum atomic E-state index is 3.69. The molecule has 3 aliphatic rings. The Balaban J connectivity index is 1.76. The average molecular weight is 180 g/mol. The van der Waals surface area contributed by atoms with Crippen LogP contribution in [-0.2, 0) is 0 Å². The Morgan fingerprint density at radius 1 is 1.31 bits per heavy atom. The van der Waals surface area contributed by atoms with Gasteiger partial charge < -0.3 is 5.32 Å². The quantitative estimate of drug-likeness (QED) is 0.687. The lowest BCUT2D eigenvalue weighted by atomic mass is 9.99. The van der Waals surface area contributed by atoms with Gasteiger partial charge in [0.1, 0.15) is 0 Å². The van der Waals surface area contributed by atoms with Crippen molar-refractivity contribution >= 4 is 0 Å². The van der Waals surface area contributed by atoms with Gasteiger partial charge in [0.2, 0.25) is 0 Å². The SMILES string of the molecule is CCC1C2NCCC2CN1C1CC1. The molecule has 13 heavy (non-hydrogen) atoms. The molecule has 2 aliphatic heterocycles. The smallest absolute Gasteiger partial charge is 0.0264 e. The number of nitrogens with one attached hydrogen (secondary N) is 1. The highest BCUT2D eigenvalue weighted by atomic mass is 15.3. The van der Waals surface area contributed by atoms with Crippen molar-refractivity contribution in [2.24, 2.45) is 5.92 Å². The van der Waals surface area contributed by atoms with Gasteiger partial charge in [0.15, 0.2) is 0 Å². The highest BCUT2D eigenvalue weighted by Crippen LogP contribution is 2.39. The third kappa shape index (κ3) is 1.23. The molecule has 0 bridgehead atoms. The first kappa shape index (κ1) is 8.25. The maximum absolute atomic E-state index is 3.69. The molecule has 0 aromatic carbocycles. The summed E-state index contributed by atoms with van der Waals surface area (Å²) in [6.07, 6.45) is 5.70. The summed E-state index contributed by atoms with van der Waals surface area (Å²) >= 11 is 0. The zero-order chi connectivity index (χ0) is 8.84. The second-order valence-electron chi connectivity index (χ2n) is 4.93. The van der Waals surface area contributed by atoms with E-state index >= 15 is 0 Å². The molecule has 3 fully saturated rings. The van der Waals surface area contributed by atoms with E-state index in [1.165, 1.54) is 38.8 Å². The van der Waals surface area contributed by atoms with Crippen molar-refractivity contribution < 1.29 is 0 Å². The van der Waals surface area contributed by atoms with Crippen LogP contribution in [-0.4, -0.2) is 36.1 Å². The van der Waals surface area contributed by atoms with Crippen molar-refractivity contribution in [3.8, 4) is 0 Å². The van der Waals surface area contributed by atoms with Crippen molar-refractivity contribution in [2.45, 2.75) is 50.7 Å². The van der Waals surface area contributed by atoms with Gasteiger partial charge in [0.25, 0.3) is 0 Å². The zero-order valence-electron chi connectivity index (χ0n) is 8.50. The molecule has 1 N–H and O–H groups in total. The minimum absolute atomic E-state index is 0.839. The highest BCUT2D eigenvalue weighted by Gasteiger charge is 2.47. The van der Waals surface area contributed by atoms with Gasteiger partial charge in [-0.2, -0.15) is 0 Å². The van der Waals surface area contributed by atoms with Gasteiger partial charge in [0.05, 0.1) is 0 Å². The van der Waals surface area contributed by atoms with E-state index in [-0.39, 0.29) is 0 Å². The average Bonchev–Trinajstić information content (AvgIpc) is 2.76. The van der Waals surface area contributed by atoms with Crippen LogP contribution in [0.4, 0.5) is 0 Å². The first-order valence-corrected chi connectivity index (χ1v) is 5.89. The normalized spacial score (nSPS) is 45.5. The Bertz CT molecular complexity index is 200. The lowest BCUT2D eigenvalue weighted by Gasteiger charge is -2.26. The minimum Gasteiger partial charge on any atom is -0.312 e. The first-order chi connectivity index (χ1) is 6.40. The summed E-state index contributed by atoms with van der Waals surface area (Å²) in [7, 11) is 0. The van der Waals surface area contributed by atoms with E-state index in [4.69, 9.17) is 0 Å². The van der Waals surface area contributed by atoms with E-state index in [0.29, 0.717) is 0 Å². The Morgan fingerprint density at radius 2 is 2.15 bits per heavy atom.